The first-order chi connectivity index (χ1) is 11.2. The number of aliphatic imine (C=N–C) groups is 1. The van der Waals surface area contributed by atoms with Gasteiger partial charge in [-0.05, 0) is 52.1 Å². The van der Waals surface area contributed by atoms with Crippen LogP contribution in [-0.4, -0.2) is 85.0 Å². The Balaban J connectivity index is 0.00000208. The van der Waals surface area contributed by atoms with E-state index in [9.17, 15) is 5.11 Å². The summed E-state index contributed by atoms with van der Waals surface area (Å²) >= 11 is 0. The van der Waals surface area contributed by atoms with Gasteiger partial charge in [-0.25, -0.2) is 0 Å². The molecule has 3 heterocycles. The van der Waals surface area contributed by atoms with Crippen LogP contribution in [0.5, 0.6) is 0 Å². The number of halogens is 1. The van der Waals surface area contributed by atoms with Gasteiger partial charge in [0.1, 0.15) is 0 Å². The van der Waals surface area contributed by atoms with Gasteiger partial charge in [-0.15, -0.1) is 24.0 Å². The van der Waals surface area contributed by atoms with Crippen molar-refractivity contribution in [3.63, 3.8) is 0 Å². The maximum absolute atomic E-state index is 9.81. The van der Waals surface area contributed by atoms with E-state index in [0.717, 1.165) is 58.1 Å². The lowest BCUT2D eigenvalue weighted by atomic mass is 9.88. The van der Waals surface area contributed by atoms with Crippen molar-refractivity contribution in [1.82, 2.24) is 15.1 Å². The molecule has 140 valence electrons. The Hall–Kier alpha value is -0.120. The molecule has 3 fully saturated rings. The van der Waals surface area contributed by atoms with E-state index in [0.29, 0.717) is 6.54 Å². The number of β-amino-alcohol motifs (C(OH)–C–C–N with tert-alkyl or cyclic N) is 1. The number of likely N-dealkylation sites (tertiary alicyclic amines) is 2. The Kier molecular flexibility index (Phi) is 8.03. The fourth-order valence-corrected chi connectivity index (χ4v) is 4.10. The average Bonchev–Trinajstić information content (AvgIpc) is 3.24. The Labute approximate surface area is 163 Å². The second-order valence-corrected chi connectivity index (χ2v) is 7.09. The predicted octanol–water partition coefficient (Wildman–Crippen LogP) is 1.28. The number of rotatable bonds is 4. The molecule has 6 nitrogen and oxygen atoms in total. The van der Waals surface area contributed by atoms with Crippen LogP contribution in [0.2, 0.25) is 0 Å². The van der Waals surface area contributed by atoms with Gasteiger partial charge in [-0.2, -0.15) is 0 Å². The minimum atomic E-state index is -0.213. The molecule has 24 heavy (non-hydrogen) atoms. The number of nitrogens with one attached hydrogen (secondary N) is 1. The first kappa shape index (κ1) is 20.2. The molecule has 0 unspecified atom stereocenters. The highest BCUT2D eigenvalue weighted by Gasteiger charge is 2.39. The molecule has 3 rings (SSSR count). The average molecular weight is 452 g/mol. The number of hydrogen-bond acceptors (Lipinski definition) is 4. The minimum absolute atomic E-state index is 0. The van der Waals surface area contributed by atoms with Crippen molar-refractivity contribution in [2.24, 2.45) is 4.99 Å². The van der Waals surface area contributed by atoms with Crippen LogP contribution in [0.3, 0.4) is 0 Å². The smallest absolute Gasteiger partial charge is 0.194 e. The summed E-state index contributed by atoms with van der Waals surface area (Å²) in [5.41, 5.74) is 0.174. The molecule has 1 atom stereocenters. The van der Waals surface area contributed by atoms with Gasteiger partial charge < -0.3 is 20.1 Å². The van der Waals surface area contributed by atoms with E-state index in [-0.39, 0.29) is 35.6 Å². The molecule has 0 saturated carbocycles. The lowest BCUT2D eigenvalue weighted by molar-refractivity contribution is -0.0139. The maximum Gasteiger partial charge on any atom is 0.194 e. The molecule has 0 aromatic rings. The Bertz CT molecular complexity index is 409. The Morgan fingerprint density at radius 2 is 1.96 bits per heavy atom. The van der Waals surface area contributed by atoms with E-state index < -0.39 is 0 Å². The topological polar surface area (TPSA) is 60.3 Å². The van der Waals surface area contributed by atoms with Gasteiger partial charge in [0.2, 0.25) is 0 Å². The third kappa shape index (κ3) is 4.74. The van der Waals surface area contributed by atoms with Crippen LogP contribution >= 0.6 is 24.0 Å². The minimum Gasteiger partial charge on any atom is -0.391 e. The van der Waals surface area contributed by atoms with Crippen LogP contribution in [0.15, 0.2) is 4.99 Å². The molecule has 3 aliphatic heterocycles. The van der Waals surface area contributed by atoms with Crippen LogP contribution in [0.1, 0.15) is 39.0 Å². The van der Waals surface area contributed by atoms with E-state index in [1.807, 2.05) is 0 Å². The van der Waals surface area contributed by atoms with E-state index in [1.54, 1.807) is 0 Å². The van der Waals surface area contributed by atoms with Crippen LogP contribution in [-0.2, 0) is 4.74 Å². The number of hydrogen-bond donors (Lipinski definition) is 2. The zero-order chi connectivity index (χ0) is 16.1. The number of ether oxygens (including phenoxy) is 1. The van der Waals surface area contributed by atoms with Crippen LogP contribution in [0.4, 0.5) is 0 Å². The van der Waals surface area contributed by atoms with Crippen LogP contribution in [0.25, 0.3) is 0 Å². The number of aliphatic hydroxyl groups is 1. The van der Waals surface area contributed by atoms with Gasteiger partial charge in [-0.3, -0.25) is 9.89 Å². The zero-order valence-corrected chi connectivity index (χ0v) is 17.2. The summed E-state index contributed by atoms with van der Waals surface area (Å²) in [5, 5.41) is 13.2. The fourth-order valence-electron chi connectivity index (χ4n) is 4.10. The molecule has 0 aromatic heterocycles. The quantitative estimate of drug-likeness (QED) is 0.383. The Morgan fingerprint density at radius 3 is 2.54 bits per heavy atom. The van der Waals surface area contributed by atoms with Crippen molar-refractivity contribution < 1.29 is 9.84 Å². The largest absolute Gasteiger partial charge is 0.391 e. The van der Waals surface area contributed by atoms with Crippen molar-refractivity contribution in [2.45, 2.75) is 50.7 Å². The van der Waals surface area contributed by atoms with E-state index >= 15 is 0 Å². The van der Waals surface area contributed by atoms with Crippen molar-refractivity contribution >= 4 is 29.9 Å². The lowest BCUT2D eigenvalue weighted by Crippen LogP contribution is -2.54. The SMILES string of the molecule is CCNC(=NCC1(N2CCCC2)CCOCC1)N1CC[C@@H](O)C1.I. The summed E-state index contributed by atoms with van der Waals surface area (Å²) in [6.07, 6.45) is 5.41. The summed E-state index contributed by atoms with van der Waals surface area (Å²) < 4.78 is 5.62. The lowest BCUT2D eigenvalue weighted by Gasteiger charge is -2.43. The van der Waals surface area contributed by atoms with Gasteiger partial charge in [0.15, 0.2) is 5.96 Å². The number of guanidine groups is 1. The Morgan fingerprint density at radius 1 is 1.25 bits per heavy atom. The van der Waals surface area contributed by atoms with Crippen LogP contribution in [0, 0.1) is 0 Å². The molecule has 0 amide bonds. The molecule has 7 heteroatoms. The summed E-state index contributed by atoms with van der Waals surface area (Å²) in [5.74, 6) is 0.967. The van der Waals surface area contributed by atoms with Gasteiger partial charge in [0.05, 0.1) is 12.6 Å². The molecule has 0 aromatic carbocycles. The van der Waals surface area contributed by atoms with Crippen LogP contribution < -0.4 is 5.32 Å². The molecule has 0 aliphatic carbocycles. The highest BCUT2D eigenvalue weighted by Crippen LogP contribution is 2.31. The highest BCUT2D eigenvalue weighted by molar-refractivity contribution is 14.0. The fraction of sp³-hybridized carbons (Fsp3) is 0.941. The first-order valence-corrected chi connectivity index (χ1v) is 9.28. The monoisotopic (exact) mass is 452 g/mol. The molecule has 3 saturated heterocycles. The molecular formula is C17H33IN4O2. The predicted molar refractivity (Wildman–Crippen MR) is 107 cm³/mol. The van der Waals surface area contributed by atoms with Crippen molar-refractivity contribution in [2.75, 3.05) is 52.5 Å². The molecule has 0 radical (unpaired) electrons. The third-order valence-electron chi connectivity index (χ3n) is 5.52. The number of nitrogens with zero attached hydrogens (tertiary/aromatic N) is 3. The maximum atomic E-state index is 9.81. The second kappa shape index (κ2) is 9.54. The van der Waals surface area contributed by atoms with E-state index in [4.69, 9.17) is 9.73 Å². The zero-order valence-electron chi connectivity index (χ0n) is 14.9. The van der Waals surface area contributed by atoms with Crippen molar-refractivity contribution in [1.29, 1.82) is 0 Å². The van der Waals surface area contributed by atoms with Gasteiger partial charge in [0, 0.05) is 38.4 Å². The standard InChI is InChI=1S/C17H32N4O2.HI/c1-2-18-16(20-10-5-15(22)13-20)19-14-17(6-11-23-12-7-17)21-8-3-4-9-21;/h15,22H,2-14H2,1H3,(H,18,19);1H/t15-;/m1./s1. The normalized spacial score (nSPS) is 28.0. The van der Waals surface area contributed by atoms with Crippen molar-refractivity contribution in [3.8, 4) is 0 Å². The first-order valence-electron chi connectivity index (χ1n) is 9.28. The second-order valence-electron chi connectivity index (χ2n) is 7.09. The summed E-state index contributed by atoms with van der Waals surface area (Å²) in [6.45, 7) is 9.51. The molecule has 0 spiro atoms. The molecule has 3 aliphatic rings. The highest BCUT2D eigenvalue weighted by atomic mass is 127. The summed E-state index contributed by atoms with van der Waals surface area (Å²) in [4.78, 5) is 9.85. The molecule has 2 N–H and O–H groups in total. The third-order valence-corrected chi connectivity index (χ3v) is 5.52. The molecule has 0 bridgehead atoms. The summed E-state index contributed by atoms with van der Waals surface area (Å²) in [6, 6.07) is 0. The van der Waals surface area contributed by atoms with Crippen molar-refractivity contribution in [3.05, 3.63) is 0 Å². The van der Waals surface area contributed by atoms with Gasteiger partial charge >= 0.3 is 0 Å². The van der Waals surface area contributed by atoms with E-state index in [1.165, 1.54) is 25.9 Å². The summed E-state index contributed by atoms with van der Waals surface area (Å²) in [7, 11) is 0. The molecular weight excluding hydrogens is 419 g/mol. The van der Waals surface area contributed by atoms with E-state index in [2.05, 4.69) is 22.0 Å². The number of aliphatic hydroxyl groups excluding tert-OH is 1. The van der Waals surface area contributed by atoms with Gasteiger partial charge in [0.25, 0.3) is 0 Å². The van der Waals surface area contributed by atoms with Gasteiger partial charge in [-0.1, -0.05) is 0 Å².